The van der Waals surface area contributed by atoms with Crippen molar-refractivity contribution in [1.82, 2.24) is 14.9 Å². The summed E-state index contributed by atoms with van der Waals surface area (Å²) in [5, 5.41) is 3.09. The van der Waals surface area contributed by atoms with Crippen LogP contribution < -0.4 is 10.0 Å². The van der Waals surface area contributed by atoms with Crippen LogP contribution in [0.4, 0.5) is 0 Å². The summed E-state index contributed by atoms with van der Waals surface area (Å²) in [6.07, 6.45) is 2.09. The molecule has 0 aliphatic carbocycles. The normalized spacial score (nSPS) is 14.1. The number of rotatable bonds is 11. The highest BCUT2D eigenvalue weighted by atomic mass is 32.2. The monoisotopic (exact) mass is 279 g/mol. The van der Waals surface area contributed by atoms with E-state index in [1.165, 1.54) is 0 Å². The molecule has 0 rings (SSSR count). The Morgan fingerprint density at radius 3 is 2.39 bits per heavy atom. The SMILES string of the molecule is CCCNCCS(=O)(=O)NCCN(C)C(C)CC. The number of nitrogens with one attached hydrogen (secondary N) is 2. The van der Waals surface area contributed by atoms with Crippen molar-refractivity contribution in [3.8, 4) is 0 Å². The highest BCUT2D eigenvalue weighted by Crippen LogP contribution is 1.98. The molecular formula is C12H29N3O2S. The summed E-state index contributed by atoms with van der Waals surface area (Å²) in [5.74, 6) is 0.153. The van der Waals surface area contributed by atoms with Gasteiger partial charge in [0.25, 0.3) is 0 Å². The third-order valence-corrected chi connectivity index (χ3v) is 4.49. The lowest BCUT2D eigenvalue weighted by Gasteiger charge is -2.23. The quantitative estimate of drug-likeness (QED) is 0.545. The van der Waals surface area contributed by atoms with E-state index in [0.717, 1.165) is 25.9 Å². The van der Waals surface area contributed by atoms with Crippen molar-refractivity contribution in [2.75, 3.05) is 39.0 Å². The van der Waals surface area contributed by atoms with Gasteiger partial charge < -0.3 is 10.2 Å². The summed E-state index contributed by atoms with van der Waals surface area (Å²) in [6.45, 7) is 8.95. The molecule has 0 aliphatic heterocycles. The highest BCUT2D eigenvalue weighted by Gasteiger charge is 2.11. The van der Waals surface area contributed by atoms with Crippen LogP contribution in [0.15, 0.2) is 0 Å². The number of hydrogen-bond donors (Lipinski definition) is 2. The Bertz CT molecular complexity index is 294. The Morgan fingerprint density at radius 2 is 1.83 bits per heavy atom. The Hall–Kier alpha value is -0.170. The molecule has 0 aromatic carbocycles. The van der Waals surface area contributed by atoms with Crippen LogP contribution in [0.2, 0.25) is 0 Å². The molecule has 0 fully saturated rings. The lowest BCUT2D eigenvalue weighted by atomic mass is 10.2. The molecule has 1 unspecified atom stereocenters. The summed E-state index contributed by atoms with van der Waals surface area (Å²) in [5.41, 5.74) is 0. The van der Waals surface area contributed by atoms with Gasteiger partial charge in [0.15, 0.2) is 0 Å². The number of sulfonamides is 1. The highest BCUT2D eigenvalue weighted by molar-refractivity contribution is 7.89. The van der Waals surface area contributed by atoms with Gasteiger partial charge in [-0.3, -0.25) is 0 Å². The van der Waals surface area contributed by atoms with Gasteiger partial charge in [-0.15, -0.1) is 0 Å². The van der Waals surface area contributed by atoms with Crippen molar-refractivity contribution >= 4 is 10.0 Å². The number of nitrogens with zero attached hydrogens (tertiary/aromatic N) is 1. The van der Waals surface area contributed by atoms with Crippen LogP contribution >= 0.6 is 0 Å². The maximum atomic E-state index is 11.6. The van der Waals surface area contributed by atoms with Crippen molar-refractivity contribution < 1.29 is 8.42 Å². The fraction of sp³-hybridized carbons (Fsp3) is 1.00. The minimum Gasteiger partial charge on any atom is -0.316 e. The maximum absolute atomic E-state index is 11.6. The van der Waals surface area contributed by atoms with Crippen LogP contribution in [-0.2, 0) is 10.0 Å². The molecule has 5 nitrogen and oxygen atoms in total. The molecule has 0 bridgehead atoms. The van der Waals surface area contributed by atoms with Crippen LogP contribution in [0.1, 0.15) is 33.6 Å². The molecule has 0 heterocycles. The first-order valence-electron chi connectivity index (χ1n) is 6.81. The molecular weight excluding hydrogens is 250 g/mol. The minimum absolute atomic E-state index is 0.153. The molecule has 0 saturated heterocycles. The number of hydrogen-bond acceptors (Lipinski definition) is 4. The van der Waals surface area contributed by atoms with Crippen molar-refractivity contribution in [3.63, 3.8) is 0 Å². The van der Waals surface area contributed by atoms with Gasteiger partial charge in [0.1, 0.15) is 0 Å². The molecule has 0 saturated carbocycles. The van der Waals surface area contributed by atoms with E-state index in [-0.39, 0.29) is 5.75 Å². The molecule has 0 radical (unpaired) electrons. The van der Waals surface area contributed by atoms with E-state index in [0.29, 0.717) is 19.1 Å². The topological polar surface area (TPSA) is 61.4 Å². The molecule has 110 valence electrons. The van der Waals surface area contributed by atoms with Crippen LogP contribution in [0.5, 0.6) is 0 Å². The van der Waals surface area contributed by atoms with Crippen LogP contribution in [0, 0.1) is 0 Å². The fourth-order valence-electron chi connectivity index (χ4n) is 1.49. The molecule has 18 heavy (non-hydrogen) atoms. The summed E-state index contributed by atoms with van der Waals surface area (Å²) in [6, 6.07) is 0.487. The van der Waals surface area contributed by atoms with Crippen molar-refractivity contribution in [1.29, 1.82) is 0 Å². The van der Waals surface area contributed by atoms with Gasteiger partial charge in [-0.25, -0.2) is 13.1 Å². The van der Waals surface area contributed by atoms with Gasteiger partial charge in [-0.05, 0) is 33.4 Å². The Balaban J connectivity index is 3.76. The average Bonchev–Trinajstić information content (AvgIpc) is 2.33. The van der Waals surface area contributed by atoms with Crippen LogP contribution in [0.25, 0.3) is 0 Å². The first-order valence-corrected chi connectivity index (χ1v) is 8.46. The molecule has 1 atom stereocenters. The fourth-order valence-corrected chi connectivity index (χ4v) is 2.45. The van der Waals surface area contributed by atoms with Gasteiger partial charge in [0.05, 0.1) is 5.75 Å². The summed E-state index contributed by atoms with van der Waals surface area (Å²) >= 11 is 0. The second-order valence-corrected chi connectivity index (χ2v) is 6.63. The Morgan fingerprint density at radius 1 is 1.17 bits per heavy atom. The molecule has 0 amide bonds. The largest absolute Gasteiger partial charge is 0.316 e. The number of likely N-dealkylation sites (N-methyl/N-ethyl adjacent to an activating group) is 1. The zero-order chi connectivity index (χ0) is 14.0. The predicted molar refractivity (Wildman–Crippen MR) is 77.3 cm³/mol. The van der Waals surface area contributed by atoms with Crippen molar-refractivity contribution in [2.24, 2.45) is 0 Å². The van der Waals surface area contributed by atoms with Gasteiger partial charge >= 0.3 is 0 Å². The lowest BCUT2D eigenvalue weighted by Crippen LogP contribution is -2.39. The third kappa shape index (κ3) is 8.85. The molecule has 0 spiro atoms. The second-order valence-electron chi connectivity index (χ2n) is 4.70. The van der Waals surface area contributed by atoms with E-state index in [1.54, 1.807) is 0 Å². The van der Waals surface area contributed by atoms with Gasteiger partial charge in [0.2, 0.25) is 10.0 Å². The average molecular weight is 279 g/mol. The second kappa shape index (κ2) is 9.72. The van der Waals surface area contributed by atoms with Crippen LogP contribution in [-0.4, -0.2) is 58.3 Å². The van der Waals surface area contributed by atoms with Gasteiger partial charge in [-0.2, -0.15) is 0 Å². The molecule has 6 heteroatoms. The smallest absolute Gasteiger partial charge is 0.212 e. The first kappa shape index (κ1) is 17.8. The Kier molecular flexibility index (Phi) is 9.63. The maximum Gasteiger partial charge on any atom is 0.212 e. The summed E-state index contributed by atoms with van der Waals surface area (Å²) in [4.78, 5) is 2.16. The predicted octanol–water partition coefficient (Wildman–Crippen LogP) is 0.636. The van der Waals surface area contributed by atoms with E-state index in [4.69, 9.17) is 0 Å². The zero-order valence-electron chi connectivity index (χ0n) is 12.2. The van der Waals surface area contributed by atoms with Gasteiger partial charge in [-0.1, -0.05) is 13.8 Å². The molecule has 0 aromatic rings. The van der Waals surface area contributed by atoms with Crippen molar-refractivity contribution in [3.05, 3.63) is 0 Å². The standard InChI is InChI=1S/C12H29N3O2S/c1-5-7-13-9-11-18(16,17)14-8-10-15(4)12(3)6-2/h12-14H,5-11H2,1-4H3. The molecule has 0 aromatic heterocycles. The zero-order valence-corrected chi connectivity index (χ0v) is 13.0. The van der Waals surface area contributed by atoms with E-state index in [9.17, 15) is 8.42 Å². The molecule has 0 aliphatic rings. The van der Waals surface area contributed by atoms with E-state index >= 15 is 0 Å². The summed E-state index contributed by atoms with van der Waals surface area (Å²) < 4.78 is 25.9. The lowest BCUT2D eigenvalue weighted by molar-refractivity contribution is 0.256. The van der Waals surface area contributed by atoms with E-state index in [2.05, 4.69) is 35.7 Å². The third-order valence-electron chi connectivity index (χ3n) is 3.10. The molecule has 2 N–H and O–H groups in total. The minimum atomic E-state index is -3.13. The Labute approximate surface area is 112 Å². The van der Waals surface area contributed by atoms with Crippen LogP contribution in [0.3, 0.4) is 0 Å². The summed E-state index contributed by atoms with van der Waals surface area (Å²) in [7, 11) is -1.11. The van der Waals surface area contributed by atoms with Crippen molar-refractivity contribution in [2.45, 2.75) is 39.7 Å². The van der Waals surface area contributed by atoms with E-state index < -0.39 is 10.0 Å². The van der Waals surface area contributed by atoms with E-state index in [1.807, 2.05) is 7.05 Å². The van der Waals surface area contributed by atoms with Gasteiger partial charge in [0, 0.05) is 25.7 Å². The first-order chi connectivity index (χ1) is 8.43.